The average molecular weight is 272 g/mol. The summed E-state index contributed by atoms with van der Waals surface area (Å²) in [6.45, 7) is 3.76. The van der Waals surface area contributed by atoms with Crippen molar-refractivity contribution in [1.82, 2.24) is 9.88 Å². The zero-order chi connectivity index (χ0) is 14.4. The van der Waals surface area contributed by atoms with Gasteiger partial charge in [0.05, 0.1) is 12.3 Å². The Balaban J connectivity index is 2.11. The molecule has 0 radical (unpaired) electrons. The van der Waals surface area contributed by atoms with E-state index in [1.807, 2.05) is 37.3 Å². The fourth-order valence-electron chi connectivity index (χ4n) is 2.13. The first kappa shape index (κ1) is 14.5. The Labute approximate surface area is 119 Å². The molecule has 2 rings (SSSR count). The minimum absolute atomic E-state index is 0.0827. The Morgan fingerprint density at radius 1 is 1.05 bits per heavy atom. The molecule has 0 atom stereocenters. The van der Waals surface area contributed by atoms with Crippen molar-refractivity contribution in [1.29, 1.82) is 0 Å². The van der Waals surface area contributed by atoms with Gasteiger partial charge in [-0.25, -0.2) is 0 Å². The number of pyridine rings is 1. The van der Waals surface area contributed by atoms with Crippen LogP contribution in [0.4, 0.5) is 0 Å². The molecular weight excluding hydrogens is 252 g/mol. The molecule has 20 heavy (non-hydrogen) atoms. The third kappa shape index (κ3) is 4.05. The first-order valence-corrected chi connectivity index (χ1v) is 6.71. The first-order chi connectivity index (χ1) is 9.69. The highest BCUT2D eigenvalue weighted by Gasteiger charge is 2.11. The Kier molecular flexibility index (Phi) is 5.09. The van der Waals surface area contributed by atoms with Crippen LogP contribution in [-0.2, 0) is 13.1 Å². The van der Waals surface area contributed by atoms with Crippen molar-refractivity contribution in [2.24, 2.45) is 0 Å². The summed E-state index contributed by atoms with van der Waals surface area (Å²) in [6.07, 6.45) is 0. The number of aliphatic hydroxyl groups excluding tert-OH is 1. The number of hydrogen-bond acceptors (Lipinski definition) is 4. The average Bonchev–Trinajstić information content (AvgIpc) is 2.44. The van der Waals surface area contributed by atoms with Crippen LogP contribution < -0.4 is 0 Å². The van der Waals surface area contributed by atoms with Gasteiger partial charge in [0.2, 0.25) is 0 Å². The van der Waals surface area contributed by atoms with Crippen molar-refractivity contribution in [3.05, 3.63) is 59.4 Å². The smallest absolute Gasteiger partial charge is 0.138 e. The quantitative estimate of drug-likeness (QED) is 0.845. The highest BCUT2D eigenvalue weighted by Crippen LogP contribution is 2.17. The van der Waals surface area contributed by atoms with Crippen molar-refractivity contribution in [2.45, 2.75) is 20.0 Å². The van der Waals surface area contributed by atoms with E-state index in [-0.39, 0.29) is 12.4 Å². The molecule has 0 aliphatic carbocycles. The number of rotatable bonds is 6. The van der Waals surface area contributed by atoms with Crippen LogP contribution in [-0.4, -0.2) is 33.2 Å². The zero-order valence-electron chi connectivity index (χ0n) is 11.7. The molecule has 0 bridgehead atoms. The number of nitrogens with zero attached hydrogens (tertiary/aromatic N) is 2. The van der Waals surface area contributed by atoms with E-state index in [2.05, 4.69) is 9.88 Å². The molecule has 106 valence electrons. The van der Waals surface area contributed by atoms with E-state index in [0.717, 1.165) is 12.2 Å². The van der Waals surface area contributed by atoms with Gasteiger partial charge in [-0.3, -0.25) is 9.88 Å². The van der Waals surface area contributed by atoms with Crippen molar-refractivity contribution < 1.29 is 10.2 Å². The van der Waals surface area contributed by atoms with Gasteiger partial charge < -0.3 is 10.2 Å². The lowest BCUT2D eigenvalue weighted by atomic mass is 10.2. The van der Waals surface area contributed by atoms with Gasteiger partial charge in [0.1, 0.15) is 5.75 Å². The molecule has 1 heterocycles. The van der Waals surface area contributed by atoms with E-state index in [4.69, 9.17) is 0 Å². The van der Waals surface area contributed by atoms with Crippen LogP contribution in [0.5, 0.6) is 5.75 Å². The maximum absolute atomic E-state index is 9.87. The van der Waals surface area contributed by atoms with Crippen molar-refractivity contribution >= 4 is 0 Å². The summed E-state index contributed by atoms with van der Waals surface area (Å²) in [5, 5.41) is 19.1. The van der Waals surface area contributed by atoms with E-state index in [9.17, 15) is 10.2 Å². The lowest BCUT2D eigenvalue weighted by Gasteiger charge is -2.21. The second-order valence-corrected chi connectivity index (χ2v) is 4.84. The van der Waals surface area contributed by atoms with Crippen LogP contribution in [0, 0.1) is 6.92 Å². The fourth-order valence-corrected chi connectivity index (χ4v) is 2.13. The minimum atomic E-state index is 0.0827. The molecule has 0 fully saturated rings. The molecule has 4 nitrogen and oxygen atoms in total. The van der Waals surface area contributed by atoms with E-state index < -0.39 is 0 Å². The van der Waals surface area contributed by atoms with Crippen molar-refractivity contribution in [3.8, 4) is 5.75 Å². The third-order valence-corrected chi connectivity index (χ3v) is 3.13. The molecule has 0 aliphatic rings. The SMILES string of the molecule is Cc1ccc(O)c(CN(CCO)Cc2ccccc2)n1. The third-order valence-electron chi connectivity index (χ3n) is 3.13. The lowest BCUT2D eigenvalue weighted by molar-refractivity contribution is 0.181. The largest absolute Gasteiger partial charge is 0.506 e. The van der Waals surface area contributed by atoms with E-state index >= 15 is 0 Å². The summed E-state index contributed by atoms with van der Waals surface area (Å²) in [7, 11) is 0. The minimum Gasteiger partial charge on any atom is -0.506 e. The van der Waals surface area contributed by atoms with Gasteiger partial charge in [-0.2, -0.15) is 0 Å². The van der Waals surface area contributed by atoms with Crippen LogP contribution >= 0.6 is 0 Å². The lowest BCUT2D eigenvalue weighted by Crippen LogP contribution is -2.26. The number of benzene rings is 1. The maximum Gasteiger partial charge on any atom is 0.138 e. The summed E-state index contributed by atoms with van der Waals surface area (Å²) in [5.41, 5.74) is 2.70. The second kappa shape index (κ2) is 7.03. The highest BCUT2D eigenvalue weighted by molar-refractivity contribution is 5.27. The van der Waals surface area contributed by atoms with Gasteiger partial charge >= 0.3 is 0 Å². The van der Waals surface area contributed by atoms with Gasteiger partial charge in [-0.15, -0.1) is 0 Å². The predicted molar refractivity (Wildman–Crippen MR) is 78.3 cm³/mol. The van der Waals surface area contributed by atoms with Crippen LogP contribution in [0.2, 0.25) is 0 Å². The van der Waals surface area contributed by atoms with Gasteiger partial charge in [0, 0.05) is 25.3 Å². The number of hydrogen-bond donors (Lipinski definition) is 2. The Hall–Kier alpha value is -1.91. The Morgan fingerprint density at radius 3 is 2.50 bits per heavy atom. The fraction of sp³-hybridized carbons (Fsp3) is 0.312. The molecular formula is C16H20N2O2. The number of aromatic hydroxyl groups is 1. The molecule has 0 spiro atoms. The molecule has 0 saturated carbocycles. The van der Waals surface area contributed by atoms with Gasteiger partial charge in [0.15, 0.2) is 0 Å². The van der Waals surface area contributed by atoms with Gasteiger partial charge in [-0.05, 0) is 24.6 Å². The standard InChI is InChI=1S/C16H20N2O2/c1-13-7-8-16(20)15(17-13)12-18(9-10-19)11-14-5-3-2-4-6-14/h2-8,19-20H,9-12H2,1H3. The summed E-state index contributed by atoms with van der Waals surface area (Å²) in [5.74, 6) is 0.201. The van der Waals surface area contributed by atoms with Crippen LogP contribution in [0.25, 0.3) is 0 Å². The molecule has 0 aliphatic heterocycles. The van der Waals surface area contributed by atoms with E-state index in [1.54, 1.807) is 12.1 Å². The normalized spacial score (nSPS) is 10.9. The topological polar surface area (TPSA) is 56.6 Å². The first-order valence-electron chi connectivity index (χ1n) is 6.71. The van der Waals surface area contributed by atoms with Gasteiger partial charge in [0.25, 0.3) is 0 Å². The van der Waals surface area contributed by atoms with E-state index in [1.165, 1.54) is 5.56 Å². The molecule has 2 N–H and O–H groups in total. The summed E-state index contributed by atoms with van der Waals surface area (Å²) < 4.78 is 0. The monoisotopic (exact) mass is 272 g/mol. The Morgan fingerprint density at radius 2 is 1.80 bits per heavy atom. The molecule has 1 aromatic heterocycles. The molecule has 0 unspecified atom stereocenters. The van der Waals surface area contributed by atoms with E-state index in [0.29, 0.717) is 18.8 Å². The molecule has 0 amide bonds. The summed E-state index contributed by atoms with van der Waals surface area (Å²) >= 11 is 0. The van der Waals surface area contributed by atoms with Crippen LogP contribution in [0.15, 0.2) is 42.5 Å². The zero-order valence-corrected chi connectivity index (χ0v) is 11.7. The van der Waals surface area contributed by atoms with Crippen molar-refractivity contribution in [2.75, 3.05) is 13.2 Å². The van der Waals surface area contributed by atoms with Crippen LogP contribution in [0.3, 0.4) is 0 Å². The summed E-state index contributed by atoms with van der Waals surface area (Å²) in [6, 6.07) is 13.5. The number of aryl methyl sites for hydroxylation is 1. The van der Waals surface area contributed by atoms with Crippen molar-refractivity contribution in [3.63, 3.8) is 0 Å². The molecule has 2 aromatic rings. The predicted octanol–water partition coefficient (Wildman–Crippen LogP) is 2.09. The second-order valence-electron chi connectivity index (χ2n) is 4.84. The maximum atomic E-state index is 9.87. The van der Waals surface area contributed by atoms with Gasteiger partial charge in [-0.1, -0.05) is 30.3 Å². The molecule has 1 aromatic carbocycles. The summed E-state index contributed by atoms with van der Waals surface area (Å²) in [4.78, 5) is 6.43. The number of aromatic nitrogens is 1. The molecule has 0 saturated heterocycles. The van der Waals surface area contributed by atoms with Crippen LogP contribution in [0.1, 0.15) is 17.0 Å². The highest BCUT2D eigenvalue weighted by atomic mass is 16.3. The number of aliphatic hydroxyl groups is 1. The Bertz CT molecular complexity index is 543. The molecule has 4 heteroatoms.